The van der Waals surface area contributed by atoms with Gasteiger partial charge in [-0.05, 0) is 45.3 Å². The zero-order valence-electron chi connectivity index (χ0n) is 8.93. The second-order valence-electron chi connectivity index (χ2n) is 3.64. The predicted molar refractivity (Wildman–Crippen MR) is 46.1 cm³/mol. The second-order valence-corrected chi connectivity index (χ2v) is 3.64. The summed E-state index contributed by atoms with van der Waals surface area (Å²) in [7, 11) is 0. The summed E-state index contributed by atoms with van der Waals surface area (Å²) in [6.45, 7) is 8.23. The first kappa shape index (κ1) is 13.8. The van der Waals surface area contributed by atoms with Crippen molar-refractivity contribution in [3.63, 3.8) is 0 Å². The van der Waals surface area contributed by atoms with Crippen molar-refractivity contribution in [2.45, 2.75) is 40.2 Å². The van der Waals surface area contributed by atoms with Gasteiger partial charge < -0.3 is 0 Å². The highest BCUT2D eigenvalue weighted by Crippen LogP contribution is 2.17. The molecule has 0 rings (SSSR count). The molecule has 6 heteroatoms. The molecule has 0 fully saturated rings. The molecular formula is C8H18O6. The van der Waals surface area contributed by atoms with Gasteiger partial charge in [-0.1, -0.05) is 20.8 Å². The van der Waals surface area contributed by atoms with Crippen molar-refractivity contribution in [2.75, 3.05) is 0 Å². The van der Waals surface area contributed by atoms with Crippen LogP contribution in [0.3, 0.4) is 0 Å². The lowest BCUT2D eigenvalue weighted by molar-refractivity contribution is -0.756. The molecule has 0 aliphatic rings. The normalized spacial score (nSPS) is 15.9. The maximum atomic E-state index is 7.67. The van der Waals surface area contributed by atoms with Crippen molar-refractivity contribution in [3.05, 3.63) is 0 Å². The Morgan fingerprint density at radius 2 is 1.64 bits per heavy atom. The fourth-order valence-corrected chi connectivity index (χ4v) is 0.942. The zero-order chi connectivity index (χ0) is 11.0. The third-order valence-electron chi connectivity index (χ3n) is 2.13. The van der Waals surface area contributed by atoms with Crippen LogP contribution in [0.25, 0.3) is 0 Å². The summed E-state index contributed by atoms with van der Waals surface area (Å²) in [6.07, 6.45) is 0.704. The van der Waals surface area contributed by atoms with Gasteiger partial charge in [-0.2, -0.15) is 0 Å². The third-order valence-corrected chi connectivity index (χ3v) is 2.13. The smallest absolute Gasteiger partial charge is 0.0937 e. The fourth-order valence-electron chi connectivity index (χ4n) is 0.942. The molecule has 0 aliphatic heterocycles. The van der Waals surface area contributed by atoms with Gasteiger partial charge >= 0.3 is 0 Å². The van der Waals surface area contributed by atoms with E-state index in [4.69, 9.17) is 10.1 Å². The van der Waals surface area contributed by atoms with Crippen LogP contribution < -0.4 is 0 Å². The van der Waals surface area contributed by atoms with Crippen LogP contribution in [0.4, 0.5) is 0 Å². The predicted octanol–water partition coefficient (Wildman–Crippen LogP) is 2.27. The van der Waals surface area contributed by atoms with E-state index in [0.29, 0.717) is 11.8 Å². The molecule has 86 valence electrons. The van der Waals surface area contributed by atoms with Gasteiger partial charge in [0.1, 0.15) is 0 Å². The van der Waals surface area contributed by atoms with E-state index in [1.165, 1.54) is 0 Å². The van der Waals surface area contributed by atoms with E-state index in [2.05, 4.69) is 40.9 Å². The first-order chi connectivity index (χ1) is 6.57. The Hall–Kier alpha value is -0.240. The quantitative estimate of drug-likeness (QED) is 0.376. The minimum atomic E-state index is -0.130. The molecule has 1 N–H and O–H groups in total. The van der Waals surface area contributed by atoms with Crippen molar-refractivity contribution in [1.82, 2.24) is 0 Å². The molecule has 0 amide bonds. The summed E-state index contributed by atoms with van der Waals surface area (Å²) < 4.78 is 0. The Bertz CT molecular complexity index is 129. The molecule has 0 bridgehead atoms. The van der Waals surface area contributed by atoms with E-state index in [1.54, 1.807) is 0 Å². The minimum absolute atomic E-state index is 0.130. The van der Waals surface area contributed by atoms with Crippen LogP contribution in [0.5, 0.6) is 0 Å². The van der Waals surface area contributed by atoms with Crippen LogP contribution in [0.2, 0.25) is 0 Å². The van der Waals surface area contributed by atoms with Gasteiger partial charge in [-0.3, -0.25) is 0 Å². The number of hydrogen-bond donors (Lipinski definition) is 1. The molecule has 14 heavy (non-hydrogen) atoms. The first-order valence-corrected chi connectivity index (χ1v) is 4.54. The highest BCUT2D eigenvalue weighted by atomic mass is 17.8. The average Bonchev–Trinajstić information content (AvgIpc) is 2.12. The summed E-state index contributed by atoms with van der Waals surface area (Å²) in [4.78, 5) is 4.73. The maximum Gasteiger partial charge on any atom is 0.0937 e. The van der Waals surface area contributed by atoms with Crippen molar-refractivity contribution in [2.24, 2.45) is 11.8 Å². The largest absolute Gasteiger partial charge is 0.219 e. The van der Waals surface area contributed by atoms with Gasteiger partial charge in [0.15, 0.2) is 0 Å². The van der Waals surface area contributed by atoms with Crippen molar-refractivity contribution >= 4 is 0 Å². The van der Waals surface area contributed by atoms with Crippen LogP contribution in [-0.2, 0) is 25.0 Å². The zero-order valence-corrected chi connectivity index (χ0v) is 8.93. The SMILES string of the molecule is CC(CC(C)C(C)C)OOOOOO. The number of hydrogen-bond acceptors (Lipinski definition) is 6. The molecule has 0 radical (unpaired) electrons. The summed E-state index contributed by atoms with van der Waals surface area (Å²) >= 11 is 0. The second kappa shape index (κ2) is 8.10. The van der Waals surface area contributed by atoms with Gasteiger partial charge in [0.25, 0.3) is 0 Å². The van der Waals surface area contributed by atoms with Gasteiger partial charge in [-0.15, -0.1) is 0 Å². The standard InChI is InChI=1S/C8H18O6/c1-6(2)7(3)5-8(4)10-12-14-13-11-9/h6-9H,5H2,1-4H3. The molecule has 0 aromatic carbocycles. The average molecular weight is 210 g/mol. The summed E-state index contributed by atoms with van der Waals surface area (Å²) in [5.74, 6) is 1.10. The van der Waals surface area contributed by atoms with E-state index in [9.17, 15) is 0 Å². The van der Waals surface area contributed by atoms with Crippen LogP contribution >= 0.6 is 0 Å². The topological polar surface area (TPSA) is 66.4 Å². The molecule has 6 nitrogen and oxygen atoms in total. The Kier molecular flexibility index (Phi) is 7.96. The van der Waals surface area contributed by atoms with Crippen LogP contribution in [0, 0.1) is 11.8 Å². The van der Waals surface area contributed by atoms with E-state index in [-0.39, 0.29) is 6.10 Å². The molecule has 2 unspecified atom stereocenters. The molecule has 2 atom stereocenters. The molecule has 0 aromatic heterocycles. The molecule has 0 heterocycles. The maximum absolute atomic E-state index is 7.67. The Morgan fingerprint density at radius 1 is 1.00 bits per heavy atom. The number of rotatable bonds is 8. The Morgan fingerprint density at radius 3 is 2.14 bits per heavy atom. The van der Waals surface area contributed by atoms with Gasteiger partial charge in [0, 0.05) is 0 Å². The Balaban J connectivity index is 3.40. The highest BCUT2D eigenvalue weighted by Gasteiger charge is 2.13. The van der Waals surface area contributed by atoms with Crippen molar-refractivity contribution < 1.29 is 30.3 Å². The highest BCUT2D eigenvalue weighted by molar-refractivity contribution is 4.60. The first-order valence-electron chi connectivity index (χ1n) is 4.54. The lowest BCUT2D eigenvalue weighted by Crippen LogP contribution is -2.16. The van der Waals surface area contributed by atoms with Crippen LogP contribution in [-0.4, -0.2) is 11.4 Å². The van der Waals surface area contributed by atoms with Crippen molar-refractivity contribution in [1.29, 1.82) is 0 Å². The summed E-state index contributed by atoms with van der Waals surface area (Å²) in [5, 5.41) is 22.2. The van der Waals surface area contributed by atoms with E-state index < -0.39 is 0 Å². The minimum Gasteiger partial charge on any atom is -0.219 e. The van der Waals surface area contributed by atoms with Crippen LogP contribution in [0.1, 0.15) is 34.1 Å². The van der Waals surface area contributed by atoms with Crippen LogP contribution in [0.15, 0.2) is 0 Å². The molecule has 0 saturated carbocycles. The van der Waals surface area contributed by atoms with E-state index >= 15 is 0 Å². The van der Waals surface area contributed by atoms with Crippen molar-refractivity contribution in [3.8, 4) is 0 Å². The van der Waals surface area contributed by atoms with Gasteiger partial charge in [0.2, 0.25) is 0 Å². The monoisotopic (exact) mass is 210 g/mol. The lowest BCUT2D eigenvalue weighted by Gasteiger charge is -2.18. The lowest BCUT2D eigenvalue weighted by atomic mass is 9.93. The molecule has 0 spiro atoms. The summed E-state index contributed by atoms with van der Waals surface area (Å²) in [5.41, 5.74) is 0. The van der Waals surface area contributed by atoms with E-state index in [0.717, 1.165) is 6.42 Å². The fraction of sp³-hybridized carbons (Fsp3) is 1.00. The molecular weight excluding hydrogens is 192 g/mol. The van der Waals surface area contributed by atoms with Gasteiger partial charge in [-0.25, -0.2) is 10.1 Å². The Labute approximate surface area is 83.3 Å². The molecule has 0 aromatic rings. The van der Waals surface area contributed by atoms with Gasteiger partial charge in [0.05, 0.1) is 6.10 Å². The molecule has 0 saturated heterocycles. The molecule has 0 aliphatic carbocycles. The van der Waals surface area contributed by atoms with E-state index in [1.807, 2.05) is 6.92 Å². The third kappa shape index (κ3) is 7.19. The summed E-state index contributed by atoms with van der Waals surface area (Å²) in [6, 6.07) is 0.